The lowest BCUT2D eigenvalue weighted by Gasteiger charge is -2.32. The molecule has 2 aliphatic rings. The summed E-state index contributed by atoms with van der Waals surface area (Å²) in [7, 11) is 0. The van der Waals surface area contributed by atoms with Crippen molar-refractivity contribution in [2.45, 2.75) is 19.8 Å². The Morgan fingerprint density at radius 1 is 1.04 bits per heavy atom. The smallest absolute Gasteiger partial charge is 0.308 e. The molecule has 2 aromatic rings. The van der Waals surface area contributed by atoms with E-state index in [2.05, 4.69) is 0 Å². The van der Waals surface area contributed by atoms with Gasteiger partial charge in [0.25, 0.3) is 0 Å². The Bertz CT molecular complexity index is 923. The van der Waals surface area contributed by atoms with E-state index in [9.17, 15) is 14.4 Å². The van der Waals surface area contributed by atoms with Crippen LogP contribution in [0.2, 0.25) is 0 Å². The molecule has 0 saturated carbocycles. The number of hydrogen-bond donors (Lipinski definition) is 0. The van der Waals surface area contributed by atoms with Crippen LogP contribution in [-0.2, 0) is 4.79 Å². The number of esters is 1. The van der Waals surface area contributed by atoms with E-state index in [1.165, 1.54) is 6.92 Å². The molecular formula is C20H16O4. The summed E-state index contributed by atoms with van der Waals surface area (Å²) in [5.41, 5.74) is 0.650. The Hall–Kier alpha value is -2.75. The molecule has 24 heavy (non-hydrogen) atoms. The lowest BCUT2D eigenvalue weighted by molar-refractivity contribution is -0.131. The first-order valence-corrected chi connectivity index (χ1v) is 8.05. The Kier molecular flexibility index (Phi) is 3.34. The number of fused-ring (bicyclic) bond motifs is 3. The van der Waals surface area contributed by atoms with E-state index in [0.717, 1.165) is 5.39 Å². The van der Waals surface area contributed by atoms with Gasteiger partial charge < -0.3 is 4.74 Å². The molecule has 0 aliphatic heterocycles. The van der Waals surface area contributed by atoms with Gasteiger partial charge in [0.1, 0.15) is 5.75 Å². The van der Waals surface area contributed by atoms with Crippen LogP contribution < -0.4 is 4.74 Å². The maximum absolute atomic E-state index is 13.1. The quantitative estimate of drug-likeness (QED) is 0.456. The number of carbonyl (C=O) groups excluding carboxylic acids is 3. The molecule has 0 amide bonds. The molecule has 0 saturated heterocycles. The fourth-order valence-electron chi connectivity index (χ4n) is 3.78. The van der Waals surface area contributed by atoms with Crippen LogP contribution in [0, 0.1) is 11.8 Å². The van der Waals surface area contributed by atoms with Crippen LogP contribution in [0.15, 0.2) is 42.5 Å². The lowest BCUT2D eigenvalue weighted by Crippen LogP contribution is -2.37. The average Bonchev–Trinajstić information content (AvgIpc) is 2.59. The molecule has 4 heteroatoms. The predicted molar refractivity (Wildman–Crippen MR) is 89.3 cm³/mol. The lowest BCUT2D eigenvalue weighted by atomic mass is 9.69. The van der Waals surface area contributed by atoms with Crippen LogP contribution in [0.4, 0.5) is 0 Å². The van der Waals surface area contributed by atoms with Crippen molar-refractivity contribution >= 4 is 28.3 Å². The molecule has 0 spiro atoms. The third-order valence-electron chi connectivity index (χ3n) is 4.87. The van der Waals surface area contributed by atoms with E-state index >= 15 is 0 Å². The van der Waals surface area contributed by atoms with Crippen molar-refractivity contribution in [2.75, 3.05) is 0 Å². The second kappa shape index (κ2) is 5.41. The molecule has 2 aliphatic carbocycles. The molecule has 0 radical (unpaired) electrons. The van der Waals surface area contributed by atoms with Gasteiger partial charge in [-0.25, -0.2) is 0 Å². The van der Waals surface area contributed by atoms with E-state index in [-0.39, 0.29) is 34.7 Å². The van der Waals surface area contributed by atoms with E-state index in [4.69, 9.17) is 4.74 Å². The summed E-state index contributed by atoms with van der Waals surface area (Å²) in [5.74, 6) is -1.06. The second-order valence-corrected chi connectivity index (χ2v) is 6.33. The molecule has 4 rings (SSSR count). The SMILES string of the molecule is CC(=O)Oc1c2c(cc3ccccc13)C(=O)[C@@H]1CC=CC[C@H]1C2=O. The van der Waals surface area contributed by atoms with Crippen LogP contribution in [0.5, 0.6) is 5.75 Å². The summed E-state index contributed by atoms with van der Waals surface area (Å²) in [6.45, 7) is 1.30. The normalized spacial score (nSPS) is 22.2. The van der Waals surface area contributed by atoms with Gasteiger partial charge in [0.15, 0.2) is 11.6 Å². The van der Waals surface area contributed by atoms with Crippen LogP contribution in [-0.4, -0.2) is 17.5 Å². The zero-order valence-corrected chi connectivity index (χ0v) is 13.2. The largest absolute Gasteiger partial charge is 0.425 e. The minimum Gasteiger partial charge on any atom is -0.425 e. The Morgan fingerprint density at radius 3 is 2.42 bits per heavy atom. The molecule has 0 aromatic heterocycles. The van der Waals surface area contributed by atoms with Gasteiger partial charge in [0.2, 0.25) is 0 Å². The number of ether oxygens (including phenoxy) is 1. The zero-order chi connectivity index (χ0) is 16.8. The van der Waals surface area contributed by atoms with Crippen molar-refractivity contribution in [2.24, 2.45) is 11.8 Å². The molecule has 2 atom stereocenters. The molecule has 0 heterocycles. The van der Waals surface area contributed by atoms with Gasteiger partial charge in [-0.15, -0.1) is 0 Å². The summed E-state index contributed by atoms with van der Waals surface area (Å²) in [6.07, 6.45) is 5.06. The van der Waals surface area contributed by atoms with Gasteiger partial charge in [-0.1, -0.05) is 36.4 Å². The first kappa shape index (κ1) is 14.8. The summed E-state index contributed by atoms with van der Waals surface area (Å²) < 4.78 is 5.39. The number of allylic oxidation sites excluding steroid dienone is 2. The Balaban J connectivity index is 2.03. The first-order valence-electron chi connectivity index (χ1n) is 8.05. The second-order valence-electron chi connectivity index (χ2n) is 6.33. The van der Waals surface area contributed by atoms with Crippen molar-refractivity contribution in [1.29, 1.82) is 0 Å². The van der Waals surface area contributed by atoms with Crippen LogP contribution >= 0.6 is 0 Å². The summed E-state index contributed by atoms with van der Waals surface area (Å²) in [4.78, 5) is 37.6. The molecule has 0 unspecified atom stereocenters. The Labute approximate surface area is 139 Å². The molecule has 0 N–H and O–H groups in total. The minimum absolute atomic E-state index is 0.0295. The van der Waals surface area contributed by atoms with Gasteiger partial charge in [-0.2, -0.15) is 0 Å². The van der Waals surface area contributed by atoms with E-state index in [0.29, 0.717) is 23.8 Å². The summed E-state index contributed by atoms with van der Waals surface area (Å²) in [5, 5.41) is 1.47. The topological polar surface area (TPSA) is 60.4 Å². The summed E-state index contributed by atoms with van der Waals surface area (Å²) in [6, 6.07) is 9.09. The van der Waals surface area contributed by atoms with Crippen LogP contribution in [0.3, 0.4) is 0 Å². The third-order valence-corrected chi connectivity index (χ3v) is 4.87. The van der Waals surface area contributed by atoms with Gasteiger partial charge in [-0.3, -0.25) is 14.4 Å². The van der Waals surface area contributed by atoms with Gasteiger partial charge in [0, 0.05) is 29.7 Å². The highest BCUT2D eigenvalue weighted by Crippen LogP contribution is 2.43. The van der Waals surface area contributed by atoms with Crippen molar-refractivity contribution in [1.82, 2.24) is 0 Å². The number of ketones is 2. The van der Waals surface area contributed by atoms with E-state index in [1.807, 2.05) is 30.4 Å². The maximum Gasteiger partial charge on any atom is 0.308 e. The fraction of sp³-hybridized carbons (Fsp3) is 0.250. The molecule has 120 valence electrons. The van der Waals surface area contributed by atoms with E-state index in [1.54, 1.807) is 12.1 Å². The van der Waals surface area contributed by atoms with Crippen molar-refractivity contribution in [3.63, 3.8) is 0 Å². The van der Waals surface area contributed by atoms with Gasteiger partial charge >= 0.3 is 5.97 Å². The molecular weight excluding hydrogens is 304 g/mol. The zero-order valence-electron chi connectivity index (χ0n) is 13.2. The standard InChI is InChI=1S/C20H16O4/c1-11(21)24-20-13-7-3-2-6-12(13)10-16-17(20)19(23)15-9-5-4-8-14(15)18(16)22/h2-7,10,14-15H,8-9H2,1H3/t14-,15-/m1/s1. The number of carbonyl (C=O) groups is 3. The van der Waals surface area contributed by atoms with Crippen molar-refractivity contribution in [3.05, 3.63) is 53.6 Å². The number of rotatable bonds is 1. The number of Topliss-reactive ketones (excluding diaryl/α,β-unsaturated/α-hetero) is 2. The number of hydrogen-bond acceptors (Lipinski definition) is 4. The highest BCUT2D eigenvalue weighted by Gasteiger charge is 2.43. The fourth-order valence-corrected chi connectivity index (χ4v) is 3.78. The Morgan fingerprint density at radius 2 is 1.71 bits per heavy atom. The third kappa shape index (κ3) is 2.10. The van der Waals surface area contributed by atoms with Crippen molar-refractivity contribution < 1.29 is 19.1 Å². The minimum atomic E-state index is -0.500. The van der Waals surface area contributed by atoms with Crippen LogP contribution in [0.1, 0.15) is 40.5 Å². The number of benzene rings is 2. The van der Waals surface area contributed by atoms with Gasteiger partial charge in [0.05, 0.1) is 5.56 Å². The van der Waals surface area contributed by atoms with Crippen LogP contribution in [0.25, 0.3) is 10.8 Å². The average molecular weight is 320 g/mol. The predicted octanol–water partition coefficient (Wildman–Crippen LogP) is 3.73. The van der Waals surface area contributed by atoms with Gasteiger partial charge in [-0.05, 0) is 24.3 Å². The van der Waals surface area contributed by atoms with Crippen molar-refractivity contribution in [3.8, 4) is 5.75 Å². The molecule has 0 bridgehead atoms. The molecule has 0 fully saturated rings. The molecule has 2 aromatic carbocycles. The van der Waals surface area contributed by atoms with E-state index < -0.39 is 5.97 Å². The maximum atomic E-state index is 13.1. The highest BCUT2D eigenvalue weighted by atomic mass is 16.5. The monoisotopic (exact) mass is 320 g/mol. The molecule has 4 nitrogen and oxygen atoms in total. The first-order chi connectivity index (χ1) is 11.6. The summed E-state index contributed by atoms with van der Waals surface area (Å²) >= 11 is 0. The highest BCUT2D eigenvalue weighted by molar-refractivity contribution is 6.21.